The summed E-state index contributed by atoms with van der Waals surface area (Å²) in [5.41, 5.74) is 10.3. The molecule has 0 amide bonds. The number of hydrogen-bond donors (Lipinski definition) is 2. The van der Waals surface area contributed by atoms with E-state index in [9.17, 15) is 0 Å². The molecule has 1 aromatic heterocycles. The topological polar surface area (TPSA) is 54.7 Å². The Morgan fingerprint density at radius 2 is 2.11 bits per heavy atom. The molecule has 1 heterocycles. The maximum atomic E-state index is 6.00. The first-order chi connectivity index (χ1) is 9.06. The van der Waals surface area contributed by atoms with Gasteiger partial charge in [-0.2, -0.15) is 0 Å². The Hall–Kier alpha value is -1.52. The number of aromatic amines is 1. The van der Waals surface area contributed by atoms with Gasteiger partial charge in [-0.3, -0.25) is 0 Å². The molecule has 0 radical (unpaired) electrons. The molecule has 0 atom stereocenters. The number of rotatable bonds is 1. The maximum Gasteiger partial charge on any atom is 0.138 e. The molecule has 0 fully saturated rings. The molecule has 0 saturated carbocycles. The number of aromatic nitrogens is 2. The number of H-pyrrole nitrogens is 1. The molecule has 0 unspecified atom stereocenters. The molecule has 0 aliphatic carbocycles. The maximum absolute atomic E-state index is 6.00. The normalized spacial score (nSPS) is 11.1. The highest BCUT2D eigenvalue weighted by atomic mass is 79.9. The standard InChI is InChI=1S/C14H11BrClN3/c1-7-9(3-2-4-10(7)15)14-18-12-6-8(16)5-11(17)13(12)19-14/h2-6H,17H2,1H3,(H,18,19). The minimum atomic E-state index is 0.581. The predicted molar refractivity (Wildman–Crippen MR) is 83.4 cm³/mol. The first-order valence-electron chi connectivity index (χ1n) is 5.76. The van der Waals surface area contributed by atoms with Crippen LogP contribution in [-0.2, 0) is 0 Å². The van der Waals surface area contributed by atoms with Crippen LogP contribution in [0.15, 0.2) is 34.8 Å². The molecule has 5 heteroatoms. The quantitative estimate of drug-likeness (QED) is 0.641. The molecule has 0 aliphatic heterocycles. The summed E-state index contributed by atoms with van der Waals surface area (Å²) in [5, 5.41) is 0.603. The highest BCUT2D eigenvalue weighted by Gasteiger charge is 2.11. The van der Waals surface area contributed by atoms with Gasteiger partial charge in [0.1, 0.15) is 11.3 Å². The van der Waals surface area contributed by atoms with Crippen LogP contribution in [0.2, 0.25) is 5.02 Å². The van der Waals surface area contributed by atoms with Crippen molar-refractivity contribution in [1.82, 2.24) is 9.97 Å². The van der Waals surface area contributed by atoms with E-state index in [0.29, 0.717) is 10.7 Å². The second-order valence-corrected chi connectivity index (χ2v) is 5.68. The van der Waals surface area contributed by atoms with Crippen LogP contribution in [0.5, 0.6) is 0 Å². The summed E-state index contributed by atoms with van der Waals surface area (Å²) in [7, 11) is 0. The SMILES string of the molecule is Cc1c(Br)cccc1-c1nc2c(N)cc(Cl)cc2[nH]1. The van der Waals surface area contributed by atoms with Crippen molar-refractivity contribution in [2.75, 3.05) is 5.73 Å². The number of hydrogen-bond acceptors (Lipinski definition) is 2. The Bertz CT molecular complexity index is 780. The summed E-state index contributed by atoms with van der Waals surface area (Å²) >= 11 is 9.53. The van der Waals surface area contributed by atoms with Crippen LogP contribution in [0.3, 0.4) is 0 Å². The zero-order valence-electron chi connectivity index (χ0n) is 10.2. The van der Waals surface area contributed by atoms with Gasteiger partial charge in [-0.15, -0.1) is 0 Å². The van der Waals surface area contributed by atoms with Gasteiger partial charge >= 0.3 is 0 Å². The van der Waals surface area contributed by atoms with E-state index in [2.05, 4.69) is 25.9 Å². The second-order valence-electron chi connectivity index (χ2n) is 4.39. The molecule has 0 bridgehead atoms. The van der Waals surface area contributed by atoms with Crippen LogP contribution in [-0.4, -0.2) is 9.97 Å². The number of nitrogens with zero attached hydrogens (tertiary/aromatic N) is 1. The number of anilines is 1. The Balaban J connectivity index is 2.26. The van der Waals surface area contributed by atoms with Crippen LogP contribution in [0, 0.1) is 6.92 Å². The number of benzene rings is 2. The Morgan fingerprint density at radius 1 is 1.32 bits per heavy atom. The second kappa shape index (κ2) is 4.54. The number of nitrogens with two attached hydrogens (primary N) is 1. The third-order valence-corrected chi connectivity index (χ3v) is 4.18. The minimum absolute atomic E-state index is 0.581. The van der Waals surface area contributed by atoms with Gasteiger partial charge in [0.05, 0.1) is 11.2 Å². The fourth-order valence-corrected chi connectivity index (χ4v) is 2.69. The van der Waals surface area contributed by atoms with Gasteiger partial charge in [-0.1, -0.05) is 39.7 Å². The summed E-state index contributed by atoms with van der Waals surface area (Å²) in [5.74, 6) is 0.794. The molecule has 3 rings (SSSR count). The highest BCUT2D eigenvalue weighted by molar-refractivity contribution is 9.10. The number of imidazole rings is 1. The summed E-state index contributed by atoms with van der Waals surface area (Å²) < 4.78 is 1.05. The highest BCUT2D eigenvalue weighted by Crippen LogP contribution is 2.31. The van der Waals surface area contributed by atoms with Crippen LogP contribution >= 0.6 is 27.5 Å². The molecule has 2 aromatic carbocycles. The van der Waals surface area contributed by atoms with Gasteiger partial charge in [0.15, 0.2) is 0 Å². The molecule has 3 aromatic rings. The first-order valence-corrected chi connectivity index (χ1v) is 6.93. The third-order valence-electron chi connectivity index (χ3n) is 3.10. The van der Waals surface area contributed by atoms with Crippen LogP contribution in [0.4, 0.5) is 5.69 Å². The molecular weight excluding hydrogens is 326 g/mol. The van der Waals surface area contributed by atoms with Crippen molar-refractivity contribution in [3.8, 4) is 11.4 Å². The molecule has 3 N–H and O–H groups in total. The van der Waals surface area contributed by atoms with Crippen molar-refractivity contribution in [3.63, 3.8) is 0 Å². The third kappa shape index (κ3) is 2.11. The van der Waals surface area contributed by atoms with Crippen molar-refractivity contribution >= 4 is 44.3 Å². The van der Waals surface area contributed by atoms with Crippen molar-refractivity contribution in [2.45, 2.75) is 6.92 Å². The first kappa shape index (κ1) is 12.5. The Kier molecular flexibility index (Phi) is 2.99. The largest absolute Gasteiger partial charge is 0.397 e. The molecule has 0 spiro atoms. The van der Waals surface area contributed by atoms with Gasteiger partial charge in [0.25, 0.3) is 0 Å². The summed E-state index contributed by atoms with van der Waals surface area (Å²) in [6.45, 7) is 2.04. The van der Waals surface area contributed by atoms with Crippen molar-refractivity contribution in [2.24, 2.45) is 0 Å². The van der Waals surface area contributed by atoms with Gasteiger partial charge in [0.2, 0.25) is 0 Å². The zero-order chi connectivity index (χ0) is 13.6. The molecule has 96 valence electrons. The van der Waals surface area contributed by atoms with Crippen molar-refractivity contribution in [1.29, 1.82) is 0 Å². The summed E-state index contributed by atoms with van der Waals surface area (Å²) in [6.07, 6.45) is 0. The van der Waals surface area contributed by atoms with Gasteiger partial charge < -0.3 is 10.7 Å². The lowest BCUT2D eigenvalue weighted by Crippen LogP contribution is -1.87. The van der Waals surface area contributed by atoms with Crippen molar-refractivity contribution < 1.29 is 0 Å². The lowest BCUT2D eigenvalue weighted by atomic mass is 10.1. The van der Waals surface area contributed by atoms with E-state index in [1.165, 1.54) is 0 Å². The van der Waals surface area contributed by atoms with Crippen LogP contribution in [0.25, 0.3) is 22.4 Å². The summed E-state index contributed by atoms with van der Waals surface area (Å²) in [4.78, 5) is 7.83. The molecule has 0 saturated heterocycles. The van der Waals surface area contributed by atoms with E-state index < -0.39 is 0 Å². The van der Waals surface area contributed by atoms with E-state index in [4.69, 9.17) is 17.3 Å². The van der Waals surface area contributed by atoms with E-state index in [0.717, 1.165) is 32.5 Å². The van der Waals surface area contributed by atoms with E-state index in [-0.39, 0.29) is 0 Å². The van der Waals surface area contributed by atoms with Crippen LogP contribution in [0.1, 0.15) is 5.56 Å². The monoisotopic (exact) mass is 335 g/mol. The van der Waals surface area contributed by atoms with Gasteiger partial charge in [-0.25, -0.2) is 4.98 Å². The molecule has 19 heavy (non-hydrogen) atoms. The van der Waals surface area contributed by atoms with Gasteiger partial charge in [0, 0.05) is 15.1 Å². The zero-order valence-corrected chi connectivity index (χ0v) is 12.5. The average molecular weight is 337 g/mol. The predicted octanol–water partition coefficient (Wildman–Crippen LogP) is 4.54. The van der Waals surface area contributed by atoms with E-state index >= 15 is 0 Å². The Labute approximate surface area is 123 Å². The van der Waals surface area contributed by atoms with E-state index in [1.54, 1.807) is 6.07 Å². The average Bonchev–Trinajstić information content (AvgIpc) is 2.76. The summed E-state index contributed by atoms with van der Waals surface area (Å²) in [6, 6.07) is 9.55. The fourth-order valence-electron chi connectivity index (χ4n) is 2.10. The molecule has 0 aliphatic rings. The number of nitrogen functional groups attached to an aromatic ring is 1. The molecule has 3 nitrogen and oxygen atoms in total. The van der Waals surface area contributed by atoms with Crippen LogP contribution < -0.4 is 5.73 Å². The molecular formula is C14H11BrClN3. The minimum Gasteiger partial charge on any atom is -0.397 e. The van der Waals surface area contributed by atoms with E-state index in [1.807, 2.05) is 31.2 Å². The number of nitrogens with one attached hydrogen (secondary N) is 1. The number of fused-ring (bicyclic) bond motifs is 1. The smallest absolute Gasteiger partial charge is 0.138 e. The Morgan fingerprint density at radius 3 is 2.89 bits per heavy atom. The lowest BCUT2D eigenvalue weighted by Gasteiger charge is -2.03. The van der Waals surface area contributed by atoms with Crippen molar-refractivity contribution in [3.05, 3.63) is 45.4 Å². The van der Waals surface area contributed by atoms with Gasteiger partial charge in [-0.05, 0) is 30.7 Å². The fraction of sp³-hybridized carbons (Fsp3) is 0.0714. The number of halogens is 2. The lowest BCUT2D eigenvalue weighted by molar-refractivity contribution is 1.30.